The molecule has 0 bridgehead atoms. The Bertz CT molecular complexity index is 136. The largest absolute Gasteiger partial charge is 0.560 e. The van der Waals surface area contributed by atoms with E-state index in [0.717, 1.165) is 0 Å². The molecular weight excluding hydrogens is 281 g/mol. The van der Waals surface area contributed by atoms with Gasteiger partial charge in [-0.1, -0.05) is 15.0 Å². The predicted octanol–water partition coefficient (Wildman–Crippen LogP) is -2.07. The highest BCUT2D eigenvalue weighted by Crippen LogP contribution is 1.69. The molecule has 0 rings (SSSR count). The first-order valence-corrected chi connectivity index (χ1v) is 3.54. The van der Waals surface area contributed by atoms with Crippen LogP contribution in [0.5, 0.6) is 0 Å². The average molecular weight is 289 g/mol. The second kappa shape index (κ2) is 7.20. The quantitative estimate of drug-likeness (QED) is 0.285. The summed E-state index contributed by atoms with van der Waals surface area (Å²) in [6.07, 6.45) is 1.27. The van der Waals surface area contributed by atoms with E-state index >= 15 is 0 Å². The van der Waals surface area contributed by atoms with E-state index in [-0.39, 0.29) is 5.28 Å². The summed E-state index contributed by atoms with van der Waals surface area (Å²) in [5.41, 5.74) is 5.73. The van der Waals surface area contributed by atoms with Crippen LogP contribution < -0.4 is 16.1 Å². The SMILES string of the molecule is C=CN[NH+]([N-]N=C)O[NH+]([O-])OI. The standard InChI is InChI=1S/C3H8IN5O3/c1-3-6-8(7-5-2)12-9(10)11-4/h3,6,8-9H,1-2H2. The van der Waals surface area contributed by atoms with E-state index in [9.17, 15) is 5.21 Å². The third-order valence-electron chi connectivity index (χ3n) is 0.630. The molecule has 3 N–H and O–H groups in total. The number of nitrogens with zero attached hydrogens (tertiary/aromatic N) is 2. The van der Waals surface area contributed by atoms with Crippen molar-refractivity contribution in [3.8, 4) is 0 Å². The van der Waals surface area contributed by atoms with E-state index in [1.54, 1.807) is 0 Å². The van der Waals surface area contributed by atoms with Crippen molar-refractivity contribution < 1.29 is 18.8 Å². The summed E-state index contributed by atoms with van der Waals surface area (Å²) in [5.74, 6) is 0. The zero-order valence-electron chi connectivity index (χ0n) is 5.99. The Balaban J connectivity index is 3.75. The van der Waals surface area contributed by atoms with Crippen molar-refractivity contribution in [2.24, 2.45) is 5.10 Å². The van der Waals surface area contributed by atoms with E-state index in [1.165, 1.54) is 29.2 Å². The second-order valence-corrected chi connectivity index (χ2v) is 1.76. The van der Waals surface area contributed by atoms with Crippen LogP contribution in [-0.4, -0.2) is 6.72 Å². The molecule has 0 aromatic heterocycles. The van der Waals surface area contributed by atoms with Gasteiger partial charge in [0.05, 0.1) is 0 Å². The molecule has 0 spiro atoms. The van der Waals surface area contributed by atoms with Crippen LogP contribution in [0.15, 0.2) is 17.9 Å². The van der Waals surface area contributed by atoms with Gasteiger partial charge in [0.2, 0.25) is 0 Å². The molecule has 0 aromatic rings. The van der Waals surface area contributed by atoms with Crippen LogP contribution in [0.25, 0.3) is 5.53 Å². The van der Waals surface area contributed by atoms with Crippen LogP contribution in [0.3, 0.4) is 0 Å². The van der Waals surface area contributed by atoms with Crippen LogP contribution in [0, 0.1) is 5.21 Å². The molecule has 2 atom stereocenters. The van der Waals surface area contributed by atoms with Crippen LogP contribution in [0.1, 0.15) is 0 Å². The maximum atomic E-state index is 10.5. The molecule has 2 unspecified atom stereocenters. The van der Waals surface area contributed by atoms with E-state index in [0.29, 0.717) is 0 Å². The van der Waals surface area contributed by atoms with E-state index in [4.69, 9.17) is 0 Å². The third kappa shape index (κ3) is 5.22. The van der Waals surface area contributed by atoms with Crippen molar-refractivity contribution in [2.45, 2.75) is 0 Å². The molecular formula is C3H8IN5O3. The molecule has 0 aliphatic carbocycles. The van der Waals surface area contributed by atoms with E-state index in [1.807, 2.05) is 0 Å². The Morgan fingerprint density at radius 1 is 1.75 bits per heavy atom. The van der Waals surface area contributed by atoms with Gasteiger partial charge in [-0.15, -0.1) is 0 Å². The zero-order chi connectivity index (χ0) is 9.40. The van der Waals surface area contributed by atoms with Gasteiger partial charge in [0, 0.05) is 11.1 Å². The lowest BCUT2D eigenvalue weighted by Gasteiger charge is -2.23. The molecule has 0 aromatic carbocycles. The van der Waals surface area contributed by atoms with Crippen molar-refractivity contribution in [3.05, 3.63) is 23.5 Å². The predicted molar refractivity (Wildman–Crippen MR) is 47.7 cm³/mol. The fourth-order valence-corrected chi connectivity index (χ4v) is 0.415. The molecule has 0 radical (unpaired) electrons. The highest BCUT2D eigenvalue weighted by Gasteiger charge is 2.04. The van der Waals surface area contributed by atoms with Gasteiger partial charge in [0.15, 0.2) is 23.0 Å². The van der Waals surface area contributed by atoms with Gasteiger partial charge < -0.3 is 15.8 Å². The molecule has 0 amide bonds. The molecule has 12 heavy (non-hydrogen) atoms. The lowest BCUT2D eigenvalue weighted by atomic mass is 11.1. The Hall–Kier alpha value is -0.460. The van der Waals surface area contributed by atoms with Crippen molar-refractivity contribution in [1.82, 2.24) is 5.43 Å². The van der Waals surface area contributed by atoms with Gasteiger partial charge in [0.25, 0.3) is 0 Å². The van der Waals surface area contributed by atoms with Gasteiger partial charge in [-0.2, -0.15) is 0 Å². The number of hydrogen-bond donors (Lipinski definition) is 3. The minimum Gasteiger partial charge on any atom is -0.560 e. The van der Waals surface area contributed by atoms with Crippen LogP contribution >= 0.6 is 23.0 Å². The Kier molecular flexibility index (Phi) is 6.93. The maximum Gasteiger partial charge on any atom is 0.194 e. The van der Waals surface area contributed by atoms with Gasteiger partial charge >= 0.3 is 0 Å². The van der Waals surface area contributed by atoms with Crippen LogP contribution in [0.4, 0.5) is 0 Å². The third-order valence-corrected chi connectivity index (χ3v) is 0.990. The first-order chi connectivity index (χ1) is 5.74. The zero-order valence-corrected chi connectivity index (χ0v) is 8.15. The van der Waals surface area contributed by atoms with Crippen LogP contribution in [0.2, 0.25) is 0 Å². The first kappa shape index (κ1) is 11.5. The summed E-state index contributed by atoms with van der Waals surface area (Å²) < 4.78 is 4.16. The minimum atomic E-state index is -0.910. The molecule has 0 saturated heterocycles. The molecule has 0 aliphatic heterocycles. The summed E-state index contributed by atoms with van der Waals surface area (Å²) in [6.45, 7) is 6.40. The summed E-state index contributed by atoms with van der Waals surface area (Å²) in [7, 11) is 0. The van der Waals surface area contributed by atoms with Crippen molar-refractivity contribution >= 4 is 29.7 Å². The number of hydrogen-bond acceptors (Lipinski definition) is 5. The monoisotopic (exact) mass is 289 g/mol. The molecule has 0 heterocycles. The topological polar surface area (TPSA) is 88.9 Å². The number of rotatable bonds is 7. The van der Waals surface area contributed by atoms with Gasteiger partial charge in [-0.3, -0.25) is 0 Å². The number of nitrogens with one attached hydrogen (secondary N) is 3. The van der Waals surface area contributed by atoms with E-state index < -0.39 is 5.39 Å². The summed E-state index contributed by atoms with van der Waals surface area (Å²) in [4.78, 5) is 4.45. The fraction of sp³-hybridized carbons (Fsp3) is 0. The molecule has 8 nitrogen and oxygen atoms in total. The smallest absolute Gasteiger partial charge is 0.194 e. The van der Waals surface area contributed by atoms with Crippen molar-refractivity contribution in [1.29, 1.82) is 0 Å². The Morgan fingerprint density at radius 3 is 2.83 bits per heavy atom. The number of quaternary nitrogens is 2. The molecule has 70 valence electrons. The normalized spacial score (nSPS) is 14.5. The molecule has 0 fully saturated rings. The van der Waals surface area contributed by atoms with Crippen molar-refractivity contribution in [2.75, 3.05) is 0 Å². The Morgan fingerprint density at radius 2 is 2.42 bits per heavy atom. The number of halogens is 1. The molecule has 0 aliphatic rings. The highest BCUT2D eigenvalue weighted by molar-refractivity contribution is 14.1. The highest BCUT2D eigenvalue weighted by atomic mass is 127. The first-order valence-electron chi connectivity index (χ1n) is 2.66. The minimum absolute atomic E-state index is 0.151. The van der Waals surface area contributed by atoms with Crippen molar-refractivity contribution in [3.63, 3.8) is 0 Å². The van der Waals surface area contributed by atoms with Gasteiger partial charge in [-0.05, 0) is 12.1 Å². The van der Waals surface area contributed by atoms with Gasteiger partial charge in [-0.25, -0.2) is 5.43 Å². The molecule has 9 heteroatoms. The van der Waals surface area contributed by atoms with E-state index in [2.05, 4.69) is 37.5 Å². The average Bonchev–Trinajstić information content (AvgIpc) is 2.05. The maximum absolute atomic E-state index is 10.5. The summed E-state index contributed by atoms with van der Waals surface area (Å²) >= 11 is 1.37. The lowest BCUT2D eigenvalue weighted by molar-refractivity contribution is -1.39. The fourth-order valence-electron chi connectivity index (χ4n) is 0.325. The summed E-state index contributed by atoms with van der Waals surface area (Å²) in [6, 6.07) is 0. The van der Waals surface area contributed by atoms with Gasteiger partial charge in [0.1, 0.15) is 0 Å². The lowest BCUT2D eigenvalue weighted by Crippen LogP contribution is -3.27. The van der Waals surface area contributed by atoms with Crippen LogP contribution in [-0.2, 0) is 8.11 Å². The second-order valence-electron chi connectivity index (χ2n) is 1.32. The Labute approximate surface area is 82.9 Å². The summed E-state index contributed by atoms with van der Waals surface area (Å²) in [5, 5.41) is 12.6. The molecule has 0 saturated carbocycles.